The van der Waals surface area contributed by atoms with Gasteiger partial charge in [-0.05, 0) is 62.4 Å². The number of rotatable bonds is 4. The Morgan fingerprint density at radius 2 is 1.81 bits per heavy atom. The molecule has 0 unspecified atom stereocenters. The van der Waals surface area contributed by atoms with Gasteiger partial charge in [-0.3, -0.25) is 4.79 Å². The van der Waals surface area contributed by atoms with E-state index in [0.717, 1.165) is 21.1 Å². The molecule has 1 amide bonds. The number of hydrazone groups is 1. The molecule has 2 aromatic carbocycles. The normalized spacial score (nSPS) is 11.4. The molecule has 0 saturated carbocycles. The van der Waals surface area contributed by atoms with Gasteiger partial charge in [-0.2, -0.15) is 5.10 Å². The lowest BCUT2D eigenvalue weighted by atomic mass is 10.2. The van der Waals surface area contributed by atoms with Gasteiger partial charge in [0.25, 0.3) is 5.91 Å². The largest absolute Gasteiger partial charge is 0.508 e. The number of carbonyl (C=O) groups is 1. The van der Waals surface area contributed by atoms with Crippen molar-refractivity contribution in [1.82, 2.24) is 10.4 Å². The molecule has 3 aromatic rings. The Morgan fingerprint density at radius 3 is 2.46 bits per heavy atom. The van der Waals surface area contributed by atoms with Crippen LogP contribution in [0.2, 0.25) is 0 Å². The number of nitrogens with one attached hydrogen (secondary N) is 1. The van der Waals surface area contributed by atoms with Crippen LogP contribution >= 0.6 is 11.3 Å². The third kappa shape index (κ3) is 3.89. The summed E-state index contributed by atoms with van der Waals surface area (Å²) in [4.78, 5) is 17.6. The van der Waals surface area contributed by atoms with Crippen molar-refractivity contribution in [3.63, 3.8) is 0 Å². The highest BCUT2D eigenvalue weighted by Crippen LogP contribution is 2.29. The van der Waals surface area contributed by atoms with Gasteiger partial charge in [0, 0.05) is 16.8 Å². The average Bonchev–Trinajstić information content (AvgIpc) is 3.02. The van der Waals surface area contributed by atoms with E-state index in [9.17, 15) is 9.90 Å². The highest BCUT2D eigenvalue weighted by Gasteiger charge is 2.13. The van der Waals surface area contributed by atoms with Crippen LogP contribution in [0, 0.1) is 6.92 Å². The number of hydrogen-bond acceptors (Lipinski definition) is 6. The molecule has 0 fully saturated rings. The third-order valence-electron chi connectivity index (χ3n) is 3.74. The molecule has 0 bridgehead atoms. The molecule has 7 heteroatoms. The molecule has 0 aliphatic rings. The van der Waals surface area contributed by atoms with Crippen LogP contribution in [-0.2, 0) is 0 Å². The quantitative estimate of drug-likeness (QED) is 0.373. The maximum atomic E-state index is 12.1. The molecule has 0 atom stereocenters. The van der Waals surface area contributed by atoms with Crippen LogP contribution in [-0.4, -0.2) is 21.7 Å². The van der Waals surface area contributed by atoms with Crippen molar-refractivity contribution in [2.24, 2.45) is 5.10 Å². The smallest absolute Gasteiger partial charge is 0.271 e. The summed E-state index contributed by atoms with van der Waals surface area (Å²) in [5.41, 5.74) is 11.7. The van der Waals surface area contributed by atoms with E-state index in [1.807, 2.05) is 26.0 Å². The second kappa shape index (κ2) is 7.37. The van der Waals surface area contributed by atoms with Crippen molar-refractivity contribution in [1.29, 1.82) is 0 Å². The van der Waals surface area contributed by atoms with Crippen molar-refractivity contribution in [3.8, 4) is 16.3 Å². The predicted octanol–water partition coefficient (Wildman–Crippen LogP) is 3.56. The van der Waals surface area contributed by atoms with Gasteiger partial charge in [0.15, 0.2) is 0 Å². The summed E-state index contributed by atoms with van der Waals surface area (Å²) in [5.74, 6) is -0.0874. The lowest BCUT2D eigenvalue weighted by molar-refractivity contribution is 0.0955. The minimum absolute atomic E-state index is 0.213. The SMILES string of the molecule is C/C(=N\NC(=O)c1ccc(N)cc1)c1sc(-c2ccc(O)cc2)nc1C. The molecule has 0 radical (unpaired) electrons. The Balaban J connectivity index is 1.77. The second-order valence-corrected chi connectivity index (χ2v) is 6.74. The summed E-state index contributed by atoms with van der Waals surface area (Å²) in [7, 11) is 0. The zero-order chi connectivity index (χ0) is 18.7. The summed E-state index contributed by atoms with van der Waals surface area (Å²) in [6.45, 7) is 3.72. The molecule has 3 rings (SSSR count). The molecule has 6 nitrogen and oxygen atoms in total. The fraction of sp³-hybridized carbons (Fsp3) is 0.105. The van der Waals surface area contributed by atoms with E-state index in [-0.39, 0.29) is 11.7 Å². The number of phenolic OH excluding ortho intramolecular Hbond substituents is 1. The Bertz CT molecular complexity index is 960. The third-order valence-corrected chi connectivity index (χ3v) is 5.05. The van der Waals surface area contributed by atoms with Gasteiger partial charge in [-0.25, -0.2) is 10.4 Å². The Morgan fingerprint density at radius 1 is 1.15 bits per heavy atom. The first kappa shape index (κ1) is 17.6. The Hall–Kier alpha value is -3.19. The average molecular weight is 366 g/mol. The number of thiazole rings is 1. The van der Waals surface area contributed by atoms with Crippen molar-refractivity contribution in [3.05, 3.63) is 64.7 Å². The van der Waals surface area contributed by atoms with E-state index in [2.05, 4.69) is 15.5 Å². The fourth-order valence-electron chi connectivity index (χ4n) is 2.34. The van der Waals surface area contributed by atoms with Crippen LogP contribution in [0.5, 0.6) is 5.75 Å². The number of benzene rings is 2. The molecule has 0 aliphatic carbocycles. The van der Waals surface area contributed by atoms with E-state index in [4.69, 9.17) is 5.73 Å². The lowest BCUT2D eigenvalue weighted by Gasteiger charge is -2.02. The minimum Gasteiger partial charge on any atom is -0.508 e. The summed E-state index contributed by atoms with van der Waals surface area (Å²) in [6, 6.07) is 13.5. The summed E-state index contributed by atoms with van der Waals surface area (Å²) in [5, 5.41) is 14.4. The highest BCUT2D eigenvalue weighted by atomic mass is 32.1. The van der Waals surface area contributed by atoms with Crippen molar-refractivity contribution in [2.75, 3.05) is 5.73 Å². The van der Waals surface area contributed by atoms with Gasteiger partial charge in [-0.1, -0.05) is 0 Å². The summed E-state index contributed by atoms with van der Waals surface area (Å²) in [6.07, 6.45) is 0. The van der Waals surface area contributed by atoms with Crippen LogP contribution in [0.1, 0.15) is 27.9 Å². The topological polar surface area (TPSA) is 101 Å². The maximum Gasteiger partial charge on any atom is 0.271 e. The number of aryl methyl sites for hydroxylation is 1. The number of nitrogens with two attached hydrogens (primary N) is 1. The number of aromatic hydroxyl groups is 1. The number of anilines is 1. The van der Waals surface area contributed by atoms with Crippen LogP contribution in [0.4, 0.5) is 5.69 Å². The minimum atomic E-state index is -0.301. The van der Waals surface area contributed by atoms with Gasteiger partial charge < -0.3 is 10.8 Å². The van der Waals surface area contributed by atoms with Crippen LogP contribution < -0.4 is 11.2 Å². The lowest BCUT2D eigenvalue weighted by Crippen LogP contribution is -2.19. The van der Waals surface area contributed by atoms with Gasteiger partial charge in [-0.15, -0.1) is 11.3 Å². The molecule has 132 valence electrons. The predicted molar refractivity (Wildman–Crippen MR) is 104 cm³/mol. The number of aromatic nitrogens is 1. The molecular weight excluding hydrogens is 348 g/mol. The number of amides is 1. The van der Waals surface area contributed by atoms with E-state index in [1.165, 1.54) is 11.3 Å². The first-order valence-electron chi connectivity index (χ1n) is 7.91. The Labute approximate surface area is 155 Å². The number of hydrogen-bond donors (Lipinski definition) is 3. The monoisotopic (exact) mass is 366 g/mol. The van der Waals surface area contributed by atoms with Gasteiger partial charge >= 0.3 is 0 Å². The number of nitrogens with zero attached hydrogens (tertiary/aromatic N) is 2. The number of nitrogen functional groups attached to an aromatic ring is 1. The molecule has 1 aromatic heterocycles. The van der Waals surface area contributed by atoms with Gasteiger partial charge in [0.05, 0.1) is 16.3 Å². The van der Waals surface area contributed by atoms with E-state index in [1.54, 1.807) is 36.4 Å². The molecule has 0 saturated heterocycles. The molecule has 4 N–H and O–H groups in total. The first-order valence-corrected chi connectivity index (χ1v) is 8.73. The van der Waals surface area contributed by atoms with Gasteiger partial charge in [0.1, 0.15) is 10.8 Å². The molecule has 0 spiro atoms. The zero-order valence-electron chi connectivity index (χ0n) is 14.4. The molecule has 26 heavy (non-hydrogen) atoms. The fourth-order valence-corrected chi connectivity index (χ4v) is 3.36. The van der Waals surface area contributed by atoms with Crippen LogP contribution in [0.25, 0.3) is 10.6 Å². The number of carbonyl (C=O) groups excluding carboxylic acids is 1. The molecule has 0 aliphatic heterocycles. The second-order valence-electron chi connectivity index (χ2n) is 5.74. The van der Waals surface area contributed by atoms with E-state index < -0.39 is 0 Å². The summed E-state index contributed by atoms with van der Waals surface area (Å²) >= 11 is 1.48. The zero-order valence-corrected chi connectivity index (χ0v) is 15.2. The van der Waals surface area contributed by atoms with Gasteiger partial charge in [0.2, 0.25) is 0 Å². The van der Waals surface area contributed by atoms with Crippen molar-refractivity contribution < 1.29 is 9.90 Å². The molecular formula is C19H18N4O2S. The first-order chi connectivity index (χ1) is 12.4. The van der Waals surface area contributed by atoms with Crippen molar-refractivity contribution >= 4 is 28.6 Å². The number of phenols is 1. The van der Waals surface area contributed by atoms with Crippen LogP contribution in [0.3, 0.4) is 0 Å². The maximum absolute atomic E-state index is 12.1. The van der Waals surface area contributed by atoms with Crippen molar-refractivity contribution in [2.45, 2.75) is 13.8 Å². The highest BCUT2D eigenvalue weighted by molar-refractivity contribution is 7.17. The Kier molecular flexibility index (Phi) is 4.99. The summed E-state index contributed by atoms with van der Waals surface area (Å²) < 4.78 is 0. The molecule has 1 heterocycles. The van der Waals surface area contributed by atoms with E-state index in [0.29, 0.717) is 17.0 Å². The standard InChI is InChI=1S/C19H18N4O2S/c1-11-17(26-19(21-11)14-5-9-16(24)10-6-14)12(2)22-23-18(25)13-3-7-15(20)8-4-13/h3-10,24H,20H2,1-2H3,(H,23,25)/b22-12+. The van der Waals surface area contributed by atoms with E-state index >= 15 is 0 Å². The van der Waals surface area contributed by atoms with Crippen LogP contribution in [0.15, 0.2) is 53.6 Å².